The fraction of sp³-hybridized carbons (Fsp3) is 0.556. The molecule has 24 heavy (non-hydrogen) atoms. The number of aromatic nitrogens is 3. The molecule has 1 aromatic carbocycles. The first kappa shape index (κ1) is 17.0. The van der Waals surface area contributed by atoms with Gasteiger partial charge in [0, 0.05) is 25.7 Å². The van der Waals surface area contributed by atoms with E-state index < -0.39 is 0 Å². The van der Waals surface area contributed by atoms with Gasteiger partial charge in [-0.3, -0.25) is 4.90 Å². The van der Waals surface area contributed by atoms with Crippen LogP contribution >= 0.6 is 0 Å². The summed E-state index contributed by atoms with van der Waals surface area (Å²) >= 11 is 0. The number of hydrogen-bond donors (Lipinski definition) is 0. The third-order valence-electron chi connectivity index (χ3n) is 4.74. The standard InChI is InChI=1S/C18H25FN4O/c1-3-22-13-20-21-18(22)17-12-23(9-10-24-17)14(2)7-8-15-5-4-6-16(19)11-15/h4-6,11,13-14,17H,3,7-10,12H2,1-2H3/t14-,17+/m1/s1. The van der Waals surface area contributed by atoms with Gasteiger partial charge in [-0.05, 0) is 44.4 Å². The van der Waals surface area contributed by atoms with Crippen molar-refractivity contribution in [2.45, 2.75) is 45.4 Å². The number of aryl methyl sites for hydroxylation is 2. The molecule has 3 rings (SSSR count). The molecule has 6 heteroatoms. The molecule has 0 radical (unpaired) electrons. The quantitative estimate of drug-likeness (QED) is 0.816. The van der Waals surface area contributed by atoms with Crippen LogP contribution in [0.1, 0.15) is 37.8 Å². The summed E-state index contributed by atoms with van der Waals surface area (Å²) in [7, 11) is 0. The van der Waals surface area contributed by atoms with Crippen LogP contribution < -0.4 is 0 Å². The molecule has 1 saturated heterocycles. The van der Waals surface area contributed by atoms with Gasteiger partial charge in [-0.2, -0.15) is 0 Å². The van der Waals surface area contributed by atoms with Crippen LogP contribution in [0.15, 0.2) is 30.6 Å². The summed E-state index contributed by atoms with van der Waals surface area (Å²) in [6, 6.07) is 7.29. The molecule has 0 unspecified atom stereocenters. The lowest BCUT2D eigenvalue weighted by atomic mass is 10.0. The van der Waals surface area contributed by atoms with Gasteiger partial charge < -0.3 is 9.30 Å². The van der Waals surface area contributed by atoms with Crippen LogP contribution in [0.25, 0.3) is 0 Å². The molecule has 1 aromatic heterocycles. The fourth-order valence-electron chi connectivity index (χ4n) is 3.23. The highest BCUT2D eigenvalue weighted by atomic mass is 19.1. The van der Waals surface area contributed by atoms with E-state index in [1.165, 1.54) is 6.07 Å². The van der Waals surface area contributed by atoms with E-state index in [2.05, 4.69) is 28.9 Å². The lowest BCUT2D eigenvalue weighted by Crippen LogP contribution is -2.44. The van der Waals surface area contributed by atoms with Crippen molar-refractivity contribution in [2.24, 2.45) is 0 Å². The first-order valence-electron chi connectivity index (χ1n) is 8.65. The molecule has 5 nitrogen and oxygen atoms in total. The third kappa shape index (κ3) is 3.99. The number of halogens is 1. The van der Waals surface area contributed by atoms with Crippen molar-refractivity contribution in [3.63, 3.8) is 0 Å². The van der Waals surface area contributed by atoms with E-state index in [0.29, 0.717) is 12.6 Å². The predicted molar refractivity (Wildman–Crippen MR) is 90.1 cm³/mol. The Labute approximate surface area is 142 Å². The van der Waals surface area contributed by atoms with E-state index in [0.717, 1.165) is 43.9 Å². The lowest BCUT2D eigenvalue weighted by molar-refractivity contribution is -0.0490. The van der Waals surface area contributed by atoms with Crippen LogP contribution in [0.3, 0.4) is 0 Å². The van der Waals surface area contributed by atoms with Gasteiger partial charge in [-0.25, -0.2) is 4.39 Å². The maximum atomic E-state index is 13.3. The van der Waals surface area contributed by atoms with E-state index in [9.17, 15) is 4.39 Å². The zero-order chi connectivity index (χ0) is 16.9. The van der Waals surface area contributed by atoms with E-state index in [1.807, 2.05) is 10.6 Å². The topological polar surface area (TPSA) is 43.2 Å². The Morgan fingerprint density at radius 1 is 1.42 bits per heavy atom. The Balaban J connectivity index is 1.58. The van der Waals surface area contributed by atoms with Crippen LogP contribution in [-0.2, 0) is 17.7 Å². The second-order valence-corrected chi connectivity index (χ2v) is 6.35. The number of rotatable bonds is 6. The molecule has 0 spiro atoms. The number of nitrogens with zero attached hydrogens (tertiary/aromatic N) is 4. The van der Waals surface area contributed by atoms with Gasteiger partial charge in [0.2, 0.25) is 0 Å². The van der Waals surface area contributed by atoms with Gasteiger partial charge in [0.15, 0.2) is 5.82 Å². The molecule has 0 saturated carbocycles. The minimum Gasteiger partial charge on any atom is -0.368 e. The van der Waals surface area contributed by atoms with Crippen molar-refractivity contribution >= 4 is 0 Å². The Hall–Kier alpha value is -1.79. The average molecular weight is 332 g/mol. The van der Waals surface area contributed by atoms with Gasteiger partial charge in [-0.1, -0.05) is 12.1 Å². The van der Waals surface area contributed by atoms with Crippen molar-refractivity contribution in [3.05, 3.63) is 47.8 Å². The lowest BCUT2D eigenvalue weighted by Gasteiger charge is -2.36. The van der Waals surface area contributed by atoms with Crippen molar-refractivity contribution < 1.29 is 9.13 Å². The highest BCUT2D eigenvalue weighted by molar-refractivity contribution is 5.16. The van der Waals surface area contributed by atoms with E-state index in [4.69, 9.17) is 4.74 Å². The Morgan fingerprint density at radius 2 is 2.29 bits per heavy atom. The molecule has 0 N–H and O–H groups in total. The highest BCUT2D eigenvalue weighted by Gasteiger charge is 2.28. The molecular weight excluding hydrogens is 307 g/mol. The van der Waals surface area contributed by atoms with Crippen molar-refractivity contribution in [3.8, 4) is 0 Å². The summed E-state index contributed by atoms with van der Waals surface area (Å²) in [5.41, 5.74) is 1.05. The van der Waals surface area contributed by atoms with Gasteiger partial charge in [0.1, 0.15) is 18.2 Å². The monoisotopic (exact) mass is 332 g/mol. The fourth-order valence-corrected chi connectivity index (χ4v) is 3.23. The molecule has 2 atom stereocenters. The normalized spacial score (nSPS) is 20.2. The summed E-state index contributed by atoms with van der Waals surface area (Å²) in [6.45, 7) is 7.59. The molecule has 0 amide bonds. The summed E-state index contributed by atoms with van der Waals surface area (Å²) in [5.74, 6) is 0.741. The Bertz CT molecular complexity index is 660. The smallest absolute Gasteiger partial charge is 0.163 e. The van der Waals surface area contributed by atoms with Crippen molar-refractivity contribution in [1.29, 1.82) is 0 Å². The molecule has 130 valence electrons. The SMILES string of the molecule is CCn1cnnc1[C@@H]1CN([C@H](C)CCc2cccc(F)c2)CCO1. The molecule has 2 heterocycles. The Kier molecular flexibility index (Phi) is 5.58. The number of morpholine rings is 1. The molecule has 1 fully saturated rings. The van der Waals surface area contributed by atoms with Crippen LogP contribution in [0.5, 0.6) is 0 Å². The van der Waals surface area contributed by atoms with E-state index in [1.54, 1.807) is 18.5 Å². The predicted octanol–water partition coefficient (Wildman–Crippen LogP) is 2.83. The van der Waals surface area contributed by atoms with Crippen LogP contribution in [0.4, 0.5) is 4.39 Å². The summed E-state index contributed by atoms with van der Waals surface area (Å²) < 4.78 is 21.2. The average Bonchev–Trinajstić information content (AvgIpc) is 3.08. The number of benzene rings is 1. The van der Waals surface area contributed by atoms with E-state index in [-0.39, 0.29) is 11.9 Å². The van der Waals surface area contributed by atoms with E-state index >= 15 is 0 Å². The zero-order valence-corrected chi connectivity index (χ0v) is 14.4. The second-order valence-electron chi connectivity index (χ2n) is 6.35. The molecule has 0 aliphatic carbocycles. The third-order valence-corrected chi connectivity index (χ3v) is 4.74. The Morgan fingerprint density at radius 3 is 3.08 bits per heavy atom. The maximum absolute atomic E-state index is 13.3. The first-order valence-corrected chi connectivity index (χ1v) is 8.65. The number of hydrogen-bond acceptors (Lipinski definition) is 4. The molecular formula is C18H25FN4O. The maximum Gasteiger partial charge on any atom is 0.163 e. The second kappa shape index (κ2) is 7.85. The summed E-state index contributed by atoms with van der Waals surface area (Å²) in [5, 5.41) is 8.23. The minimum atomic E-state index is -0.162. The highest BCUT2D eigenvalue weighted by Crippen LogP contribution is 2.23. The van der Waals surface area contributed by atoms with Gasteiger partial charge in [-0.15, -0.1) is 10.2 Å². The summed E-state index contributed by atoms with van der Waals surface area (Å²) in [4.78, 5) is 2.43. The van der Waals surface area contributed by atoms with Crippen LogP contribution in [0.2, 0.25) is 0 Å². The van der Waals surface area contributed by atoms with Gasteiger partial charge >= 0.3 is 0 Å². The van der Waals surface area contributed by atoms with Crippen molar-refractivity contribution in [1.82, 2.24) is 19.7 Å². The molecule has 1 aliphatic rings. The summed E-state index contributed by atoms with van der Waals surface area (Å²) in [6.07, 6.45) is 3.60. The first-order chi connectivity index (χ1) is 11.7. The zero-order valence-electron chi connectivity index (χ0n) is 14.4. The van der Waals surface area contributed by atoms with Crippen LogP contribution in [-0.4, -0.2) is 45.4 Å². The van der Waals surface area contributed by atoms with Crippen molar-refractivity contribution in [2.75, 3.05) is 19.7 Å². The van der Waals surface area contributed by atoms with Gasteiger partial charge in [0.25, 0.3) is 0 Å². The molecule has 2 aromatic rings. The largest absolute Gasteiger partial charge is 0.368 e. The van der Waals surface area contributed by atoms with Gasteiger partial charge in [0.05, 0.1) is 6.61 Å². The number of ether oxygens (including phenoxy) is 1. The molecule has 0 bridgehead atoms. The minimum absolute atomic E-state index is 0.0298. The molecule has 1 aliphatic heterocycles. The van der Waals surface area contributed by atoms with Crippen LogP contribution in [0, 0.1) is 5.82 Å².